The van der Waals surface area contributed by atoms with Crippen molar-refractivity contribution in [1.29, 1.82) is 0 Å². The Balaban J connectivity index is 4.11. The molecule has 0 aromatic heterocycles. The van der Waals surface area contributed by atoms with Gasteiger partial charge in [-0.05, 0) is 20.8 Å². The van der Waals surface area contributed by atoms with E-state index in [1.54, 1.807) is 6.92 Å². The summed E-state index contributed by atoms with van der Waals surface area (Å²) in [6, 6.07) is 0. The van der Waals surface area contributed by atoms with E-state index < -0.39 is 0 Å². The molecule has 56 valence electrons. The molecule has 0 radical (unpaired) electrons. The molecule has 0 spiro atoms. The third kappa shape index (κ3) is 3.23. The third-order valence-electron chi connectivity index (χ3n) is 1.27. The van der Waals surface area contributed by atoms with Gasteiger partial charge in [-0.25, -0.2) is 0 Å². The van der Waals surface area contributed by atoms with Gasteiger partial charge in [-0.3, -0.25) is 4.79 Å². The first-order chi connectivity index (χ1) is 4.72. The molecular weight excluding hydrogens is 124 g/mol. The fourth-order valence-corrected chi connectivity index (χ4v) is 0.750. The molecule has 10 heavy (non-hydrogen) atoms. The molecular formula is C9H14O. The van der Waals surface area contributed by atoms with Crippen LogP contribution in [0.5, 0.6) is 0 Å². The highest BCUT2D eigenvalue weighted by atomic mass is 16.1. The van der Waals surface area contributed by atoms with Gasteiger partial charge in [0, 0.05) is 0 Å². The van der Waals surface area contributed by atoms with Crippen LogP contribution in [0.2, 0.25) is 0 Å². The lowest BCUT2D eigenvalue weighted by molar-refractivity contribution is -0.118. The summed E-state index contributed by atoms with van der Waals surface area (Å²) in [6.45, 7) is 5.43. The molecule has 0 rings (SSSR count). The molecule has 0 saturated heterocycles. The van der Waals surface area contributed by atoms with E-state index in [1.165, 1.54) is 0 Å². The SMILES string of the molecule is C/C=C/C(/C=C/C)C(C)=O. The van der Waals surface area contributed by atoms with Crippen molar-refractivity contribution in [3.63, 3.8) is 0 Å². The summed E-state index contributed by atoms with van der Waals surface area (Å²) in [7, 11) is 0. The van der Waals surface area contributed by atoms with E-state index in [9.17, 15) is 4.79 Å². The Bertz CT molecular complexity index is 142. The molecule has 0 N–H and O–H groups in total. The van der Waals surface area contributed by atoms with Crippen molar-refractivity contribution in [2.45, 2.75) is 20.8 Å². The molecule has 1 nitrogen and oxygen atoms in total. The first-order valence-electron chi connectivity index (χ1n) is 3.48. The van der Waals surface area contributed by atoms with Crippen LogP contribution in [0.1, 0.15) is 20.8 Å². The summed E-state index contributed by atoms with van der Waals surface area (Å²) in [6.07, 6.45) is 7.57. The minimum atomic E-state index is -0.0185. The van der Waals surface area contributed by atoms with Crippen LogP contribution in [0.25, 0.3) is 0 Å². The number of rotatable bonds is 3. The predicted octanol–water partition coefficient (Wildman–Crippen LogP) is 2.34. The Morgan fingerprint density at radius 3 is 1.80 bits per heavy atom. The van der Waals surface area contributed by atoms with E-state index in [4.69, 9.17) is 0 Å². The fraction of sp³-hybridized carbons (Fsp3) is 0.444. The van der Waals surface area contributed by atoms with Crippen molar-refractivity contribution < 1.29 is 4.79 Å². The van der Waals surface area contributed by atoms with Crippen LogP contribution in [0.4, 0.5) is 0 Å². The van der Waals surface area contributed by atoms with Gasteiger partial charge in [0.05, 0.1) is 5.92 Å². The minimum Gasteiger partial charge on any atom is -0.299 e. The van der Waals surface area contributed by atoms with Gasteiger partial charge in [0.2, 0.25) is 0 Å². The van der Waals surface area contributed by atoms with Crippen LogP contribution in [0.15, 0.2) is 24.3 Å². The highest BCUT2D eigenvalue weighted by molar-refractivity contribution is 5.81. The van der Waals surface area contributed by atoms with Crippen molar-refractivity contribution in [1.82, 2.24) is 0 Å². The Morgan fingerprint density at radius 1 is 1.20 bits per heavy atom. The molecule has 0 heterocycles. The largest absolute Gasteiger partial charge is 0.299 e. The average molecular weight is 138 g/mol. The van der Waals surface area contributed by atoms with Crippen LogP contribution < -0.4 is 0 Å². The van der Waals surface area contributed by atoms with Gasteiger partial charge in [-0.2, -0.15) is 0 Å². The maximum absolute atomic E-state index is 10.8. The zero-order valence-electron chi connectivity index (χ0n) is 6.79. The molecule has 0 aliphatic rings. The lowest BCUT2D eigenvalue weighted by atomic mass is 10.0. The molecule has 0 aromatic rings. The van der Waals surface area contributed by atoms with Crippen molar-refractivity contribution in [2.75, 3.05) is 0 Å². The Hall–Kier alpha value is -0.850. The van der Waals surface area contributed by atoms with E-state index in [0.717, 1.165) is 0 Å². The number of hydrogen-bond donors (Lipinski definition) is 0. The first-order valence-corrected chi connectivity index (χ1v) is 3.48. The highest BCUT2D eigenvalue weighted by Gasteiger charge is 2.03. The quantitative estimate of drug-likeness (QED) is 0.547. The van der Waals surface area contributed by atoms with Crippen molar-refractivity contribution in [3.05, 3.63) is 24.3 Å². The second kappa shape index (κ2) is 4.98. The number of ketones is 1. The topological polar surface area (TPSA) is 17.1 Å². The molecule has 0 aromatic carbocycles. The molecule has 1 heteroatoms. The maximum Gasteiger partial charge on any atom is 0.140 e. The fourth-order valence-electron chi connectivity index (χ4n) is 0.750. The standard InChI is InChI=1S/C9H14O/c1-4-6-9(7-5-2)8(3)10/h4-7,9H,1-3H3/b6-4+,7-5+. The number of carbonyl (C=O) groups excluding carboxylic acids is 1. The summed E-state index contributed by atoms with van der Waals surface area (Å²) in [4.78, 5) is 10.8. The number of hydrogen-bond acceptors (Lipinski definition) is 1. The monoisotopic (exact) mass is 138 g/mol. The summed E-state index contributed by atoms with van der Waals surface area (Å²) < 4.78 is 0. The highest BCUT2D eigenvalue weighted by Crippen LogP contribution is 2.02. The van der Waals surface area contributed by atoms with Crippen LogP contribution in [0.3, 0.4) is 0 Å². The van der Waals surface area contributed by atoms with Gasteiger partial charge in [0.1, 0.15) is 5.78 Å². The summed E-state index contributed by atoms with van der Waals surface area (Å²) >= 11 is 0. The lowest BCUT2D eigenvalue weighted by Gasteiger charge is -1.99. The summed E-state index contributed by atoms with van der Waals surface area (Å²) in [5, 5.41) is 0. The molecule has 0 amide bonds. The molecule has 0 unspecified atom stereocenters. The summed E-state index contributed by atoms with van der Waals surface area (Å²) in [5.41, 5.74) is 0. The minimum absolute atomic E-state index is 0.0185. The molecule has 0 aliphatic heterocycles. The smallest absolute Gasteiger partial charge is 0.140 e. The Morgan fingerprint density at radius 2 is 1.60 bits per heavy atom. The van der Waals surface area contributed by atoms with Crippen molar-refractivity contribution >= 4 is 5.78 Å². The van der Waals surface area contributed by atoms with Gasteiger partial charge < -0.3 is 0 Å². The maximum atomic E-state index is 10.8. The molecule has 0 bridgehead atoms. The van der Waals surface area contributed by atoms with Gasteiger partial charge in [-0.15, -0.1) is 0 Å². The molecule has 0 aliphatic carbocycles. The zero-order valence-corrected chi connectivity index (χ0v) is 6.79. The van der Waals surface area contributed by atoms with Gasteiger partial charge in [0.25, 0.3) is 0 Å². The molecule has 0 saturated carbocycles. The first kappa shape index (κ1) is 9.15. The van der Waals surface area contributed by atoms with Crippen molar-refractivity contribution in [2.24, 2.45) is 5.92 Å². The summed E-state index contributed by atoms with van der Waals surface area (Å²) in [5.74, 6) is 0.172. The van der Waals surface area contributed by atoms with Crippen LogP contribution in [-0.4, -0.2) is 5.78 Å². The second-order valence-electron chi connectivity index (χ2n) is 2.19. The van der Waals surface area contributed by atoms with Crippen molar-refractivity contribution in [3.8, 4) is 0 Å². The van der Waals surface area contributed by atoms with E-state index in [1.807, 2.05) is 38.2 Å². The number of Topliss-reactive ketones (excluding diaryl/α,β-unsaturated/α-hetero) is 1. The average Bonchev–Trinajstić information content (AvgIpc) is 1.87. The van der Waals surface area contributed by atoms with E-state index >= 15 is 0 Å². The zero-order chi connectivity index (χ0) is 7.98. The third-order valence-corrected chi connectivity index (χ3v) is 1.27. The van der Waals surface area contributed by atoms with E-state index in [-0.39, 0.29) is 11.7 Å². The number of carbonyl (C=O) groups is 1. The van der Waals surface area contributed by atoms with E-state index in [0.29, 0.717) is 0 Å². The normalized spacial score (nSPS) is 12.0. The van der Waals surface area contributed by atoms with Gasteiger partial charge >= 0.3 is 0 Å². The predicted molar refractivity (Wildman–Crippen MR) is 43.8 cm³/mol. The van der Waals surface area contributed by atoms with Crippen LogP contribution >= 0.6 is 0 Å². The Labute approximate surface area is 62.4 Å². The van der Waals surface area contributed by atoms with E-state index in [2.05, 4.69) is 0 Å². The Kier molecular flexibility index (Phi) is 4.55. The lowest BCUT2D eigenvalue weighted by Crippen LogP contribution is -2.03. The van der Waals surface area contributed by atoms with Gasteiger partial charge in [0.15, 0.2) is 0 Å². The molecule has 0 fully saturated rings. The van der Waals surface area contributed by atoms with Crippen LogP contribution in [-0.2, 0) is 4.79 Å². The van der Waals surface area contributed by atoms with Crippen LogP contribution in [0, 0.1) is 5.92 Å². The second-order valence-corrected chi connectivity index (χ2v) is 2.19. The van der Waals surface area contributed by atoms with Gasteiger partial charge in [-0.1, -0.05) is 24.3 Å². The molecule has 0 atom stereocenters. The number of allylic oxidation sites excluding steroid dienone is 4.